The van der Waals surface area contributed by atoms with Crippen molar-refractivity contribution < 1.29 is 25.7 Å². The summed E-state index contributed by atoms with van der Waals surface area (Å²) in [6.45, 7) is 3.41. The van der Waals surface area contributed by atoms with Crippen molar-refractivity contribution in [3.05, 3.63) is 42.1 Å². The van der Waals surface area contributed by atoms with Crippen molar-refractivity contribution in [2.45, 2.75) is 19.8 Å². The molecule has 0 radical (unpaired) electrons. The normalized spacial score (nSPS) is 12.7. The first-order chi connectivity index (χ1) is 10.2. The summed E-state index contributed by atoms with van der Waals surface area (Å²) in [6.07, 6.45) is 2.28. The van der Waals surface area contributed by atoms with Crippen LogP contribution in [0.15, 0.2) is 35.0 Å². The van der Waals surface area contributed by atoms with Crippen LogP contribution in [-0.4, -0.2) is 19.3 Å². The SMILES string of the molecule is Cc1ccc(C(C)C(=O)Nc2cncc(OS(=O)(=O)F)c2)o1. The molecule has 1 amide bonds. The van der Waals surface area contributed by atoms with E-state index in [1.165, 1.54) is 6.20 Å². The van der Waals surface area contributed by atoms with Crippen LogP contribution in [0.4, 0.5) is 9.57 Å². The van der Waals surface area contributed by atoms with Crippen LogP contribution in [0.2, 0.25) is 0 Å². The number of nitrogens with one attached hydrogen (secondary N) is 1. The first kappa shape index (κ1) is 16.0. The smallest absolute Gasteiger partial charge is 0.466 e. The number of aryl methyl sites for hydroxylation is 1. The molecular formula is C13H13FN2O5S. The summed E-state index contributed by atoms with van der Waals surface area (Å²) in [7, 11) is -5.15. The monoisotopic (exact) mass is 328 g/mol. The van der Waals surface area contributed by atoms with Crippen LogP contribution < -0.4 is 9.50 Å². The van der Waals surface area contributed by atoms with E-state index < -0.39 is 22.3 Å². The molecule has 22 heavy (non-hydrogen) atoms. The van der Waals surface area contributed by atoms with Crippen molar-refractivity contribution in [2.75, 3.05) is 5.32 Å². The van der Waals surface area contributed by atoms with E-state index in [1.54, 1.807) is 26.0 Å². The van der Waals surface area contributed by atoms with Crippen LogP contribution in [-0.2, 0) is 15.3 Å². The summed E-state index contributed by atoms with van der Waals surface area (Å²) < 4.78 is 42.7. The minimum atomic E-state index is -5.15. The molecule has 0 fully saturated rings. The van der Waals surface area contributed by atoms with Crippen LogP contribution in [0.3, 0.4) is 0 Å². The first-order valence-corrected chi connectivity index (χ1v) is 7.52. The Labute approximate surface area is 126 Å². The molecule has 0 saturated carbocycles. The zero-order chi connectivity index (χ0) is 16.3. The minimum Gasteiger partial charge on any atom is -0.466 e. The summed E-state index contributed by atoms with van der Waals surface area (Å²) in [4.78, 5) is 15.8. The predicted molar refractivity (Wildman–Crippen MR) is 75.4 cm³/mol. The molecule has 0 spiro atoms. The molecule has 2 rings (SSSR count). The Morgan fingerprint density at radius 3 is 2.73 bits per heavy atom. The van der Waals surface area contributed by atoms with E-state index in [0.29, 0.717) is 11.5 Å². The van der Waals surface area contributed by atoms with E-state index in [1.807, 2.05) is 0 Å². The van der Waals surface area contributed by atoms with Crippen LogP contribution in [0.25, 0.3) is 0 Å². The van der Waals surface area contributed by atoms with Crippen molar-refractivity contribution in [3.8, 4) is 5.75 Å². The molecule has 2 aromatic heterocycles. The maximum atomic E-state index is 12.4. The molecule has 0 aliphatic carbocycles. The van der Waals surface area contributed by atoms with Crippen LogP contribution in [0, 0.1) is 6.92 Å². The second-order valence-corrected chi connectivity index (χ2v) is 5.50. The Bertz CT molecular complexity index is 787. The van der Waals surface area contributed by atoms with E-state index in [0.717, 1.165) is 12.3 Å². The number of halogens is 1. The minimum absolute atomic E-state index is 0.168. The van der Waals surface area contributed by atoms with Gasteiger partial charge in [-0.15, -0.1) is 0 Å². The number of hydrogen-bond donors (Lipinski definition) is 1. The van der Waals surface area contributed by atoms with Crippen LogP contribution >= 0.6 is 0 Å². The number of pyridine rings is 1. The maximum Gasteiger partial charge on any atom is 0.488 e. The number of aromatic nitrogens is 1. The van der Waals surface area contributed by atoms with Crippen LogP contribution in [0.1, 0.15) is 24.4 Å². The molecule has 0 bridgehead atoms. The van der Waals surface area contributed by atoms with Gasteiger partial charge in [0.05, 0.1) is 24.0 Å². The molecule has 0 aliphatic heterocycles. The van der Waals surface area contributed by atoms with Gasteiger partial charge in [-0.25, -0.2) is 0 Å². The highest BCUT2D eigenvalue weighted by Gasteiger charge is 2.19. The number of nitrogens with zero attached hydrogens (tertiary/aromatic N) is 1. The van der Waals surface area contributed by atoms with Gasteiger partial charge >= 0.3 is 10.5 Å². The third-order valence-corrected chi connectivity index (χ3v) is 3.15. The van der Waals surface area contributed by atoms with Crippen molar-refractivity contribution in [1.29, 1.82) is 0 Å². The molecule has 1 N–H and O–H groups in total. The lowest BCUT2D eigenvalue weighted by molar-refractivity contribution is -0.117. The topological polar surface area (TPSA) is 98.5 Å². The summed E-state index contributed by atoms with van der Waals surface area (Å²) in [6, 6.07) is 4.57. The molecular weight excluding hydrogens is 315 g/mol. The lowest BCUT2D eigenvalue weighted by Gasteiger charge is -2.10. The fraction of sp³-hybridized carbons (Fsp3) is 0.231. The number of amides is 1. The van der Waals surface area contributed by atoms with E-state index in [4.69, 9.17) is 4.42 Å². The van der Waals surface area contributed by atoms with Gasteiger partial charge in [0.25, 0.3) is 0 Å². The van der Waals surface area contributed by atoms with E-state index >= 15 is 0 Å². The zero-order valence-corrected chi connectivity index (χ0v) is 12.6. The number of rotatable bonds is 5. The molecule has 2 heterocycles. The van der Waals surface area contributed by atoms with Gasteiger partial charge in [0, 0.05) is 6.07 Å². The summed E-state index contributed by atoms with van der Waals surface area (Å²) in [5.74, 6) is -0.136. The molecule has 1 atom stereocenters. The third-order valence-electron chi connectivity index (χ3n) is 2.76. The number of carbonyl (C=O) groups is 1. The van der Waals surface area contributed by atoms with Crippen molar-refractivity contribution in [3.63, 3.8) is 0 Å². The van der Waals surface area contributed by atoms with Gasteiger partial charge in [0.2, 0.25) is 5.91 Å². The highest BCUT2D eigenvalue weighted by atomic mass is 32.3. The van der Waals surface area contributed by atoms with Gasteiger partial charge in [0.15, 0.2) is 5.75 Å². The van der Waals surface area contributed by atoms with Crippen molar-refractivity contribution >= 4 is 22.1 Å². The molecule has 0 saturated heterocycles. The van der Waals surface area contributed by atoms with Gasteiger partial charge in [0.1, 0.15) is 11.5 Å². The quantitative estimate of drug-likeness (QED) is 0.846. The average molecular weight is 328 g/mol. The van der Waals surface area contributed by atoms with Gasteiger partial charge in [-0.2, -0.15) is 8.42 Å². The molecule has 1 unspecified atom stereocenters. The largest absolute Gasteiger partial charge is 0.488 e. The van der Waals surface area contributed by atoms with E-state index in [-0.39, 0.29) is 11.4 Å². The Hall–Kier alpha value is -2.42. The predicted octanol–water partition coefficient (Wildman–Crippen LogP) is 2.32. The highest BCUT2D eigenvalue weighted by molar-refractivity contribution is 7.81. The Morgan fingerprint density at radius 1 is 1.41 bits per heavy atom. The highest BCUT2D eigenvalue weighted by Crippen LogP contribution is 2.22. The van der Waals surface area contributed by atoms with Gasteiger partial charge in [-0.3, -0.25) is 9.78 Å². The number of furan rings is 1. The maximum absolute atomic E-state index is 12.4. The first-order valence-electron chi connectivity index (χ1n) is 6.21. The van der Waals surface area contributed by atoms with E-state index in [9.17, 15) is 17.1 Å². The van der Waals surface area contributed by atoms with Crippen LogP contribution in [0.5, 0.6) is 5.75 Å². The Kier molecular flexibility index (Phi) is 4.45. The van der Waals surface area contributed by atoms with E-state index in [2.05, 4.69) is 14.5 Å². The number of anilines is 1. The summed E-state index contributed by atoms with van der Waals surface area (Å²) in [5.41, 5.74) is 0.168. The lowest BCUT2D eigenvalue weighted by atomic mass is 10.1. The standard InChI is InChI=1S/C13H13FN2O5S/c1-8-3-4-12(20-8)9(2)13(17)16-10-5-11(7-15-6-10)21-22(14,18)19/h3-7,9H,1-2H3,(H,16,17). The molecule has 7 nitrogen and oxygen atoms in total. The molecule has 9 heteroatoms. The Morgan fingerprint density at radius 2 is 2.14 bits per heavy atom. The molecule has 0 aromatic carbocycles. The third kappa shape index (κ3) is 4.29. The van der Waals surface area contributed by atoms with Crippen molar-refractivity contribution in [1.82, 2.24) is 4.98 Å². The second-order valence-electron chi connectivity index (χ2n) is 4.55. The summed E-state index contributed by atoms with van der Waals surface area (Å²) in [5, 5.41) is 2.52. The lowest BCUT2D eigenvalue weighted by Crippen LogP contribution is -2.18. The fourth-order valence-corrected chi connectivity index (χ4v) is 2.03. The number of hydrogen-bond acceptors (Lipinski definition) is 6. The average Bonchev–Trinajstić information content (AvgIpc) is 2.83. The molecule has 2 aromatic rings. The summed E-state index contributed by atoms with van der Waals surface area (Å²) >= 11 is 0. The van der Waals surface area contributed by atoms with Gasteiger partial charge < -0.3 is 13.9 Å². The fourth-order valence-electron chi connectivity index (χ4n) is 1.71. The van der Waals surface area contributed by atoms with Gasteiger partial charge in [-0.1, -0.05) is 3.89 Å². The Balaban J connectivity index is 2.10. The number of carbonyl (C=O) groups excluding carboxylic acids is 1. The molecule has 118 valence electrons. The van der Waals surface area contributed by atoms with Crippen molar-refractivity contribution in [2.24, 2.45) is 0 Å². The second kappa shape index (κ2) is 6.14. The zero-order valence-electron chi connectivity index (χ0n) is 11.7. The molecule has 0 aliphatic rings. The van der Waals surface area contributed by atoms with Gasteiger partial charge in [-0.05, 0) is 26.0 Å².